The second-order valence-corrected chi connectivity index (χ2v) is 13.8. The number of nitriles is 2. The fraction of sp³-hybridized carbons (Fsp3) is 0.209. The summed E-state index contributed by atoms with van der Waals surface area (Å²) in [5, 5.41) is 18.7. The molecule has 2 saturated carbocycles. The number of hydrogen-bond donors (Lipinski definition) is 0. The van der Waals surface area contributed by atoms with Gasteiger partial charge in [0.1, 0.15) is 0 Å². The van der Waals surface area contributed by atoms with E-state index in [-0.39, 0.29) is 5.41 Å². The molecular weight excluding hydrogens is 601 g/mol. The van der Waals surface area contributed by atoms with Crippen molar-refractivity contribution in [3.8, 4) is 68.7 Å². The molecule has 0 N–H and O–H groups in total. The molecule has 2 aliphatic carbocycles. The summed E-state index contributed by atoms with van der Waals surface area (Å²) in [6, 6.07) is 40.0. The van der Waals surface area contributed by atoms with E-state index in [4.69, 9.17) is 19.9 Å². The van der Waals surface area contributed by atoms with Gasteiger partial charge in [-0.05, 0) is 126 Å². The van der Waals surface area contributed by atoms with E-state index >= 15 is 0 Å². The van der Waals surface area contributed by atoms with Crippen LogP contribution in [0, 0.1) is 34.5 Å². The lowest BCUT2D eigenvalue weighted by Crippen LogP contribution is -2.30. The monoisotopic (exact) mass is 634 g/mol. The molecule has 1 unspecified atom stereocenters. The quantitative estimate of drug-likeness (QED) is 0.181. The number of rotatable bonds is 6. The average molecular weight is 635 g/mol. The number of nitrogens with zero attached hydrogens (tertiary/aromatic N) is 6. The Hall–Kier alpha value is -5.98. The minimum absolute atomic E-state index is 0.182. The first kappa shape index (κ1) is 30.4. The summed E-state index contributed by atoms with van der Waals surface area (Å²) in [5.74, 6) is 3.21. The largest absolute Gasteiger partial charge is 0.256 e. The van der Waals surface area contributed by atoms with E-state index in [0.717, 1.165) is 50.9 Å². The predicted octanol–water partition coefficient (Wildman–Crippen LogP) is 9.81. The van der Waals surface area contributed by atoms with Crippen LogP contribution < -0.4 is 0 Å². The topological polar surface area (TPSA) is 99.1 Å². The van der Waals surface area contributed by atoms with Crippen molar-refractivity contribution in [2.24, 2.45) is 11.8 Å². The van der Waals surface area contributed by atoms with Crippen LogP contribution >= 0.6 is 0 Å². The predicted molar refractivity (Wildman–Crippen MR) is 192 cm³/mol. The zero-order valence-corrected chi connectivity index (χ0v) is 27.3. The van der Waals surface area contributed by atoms with Crippen molar-refractivity contribution in [1.29, 1.82) is 10.5 Å². The highest BCUT2D eigenvalue weighted by molar-refractivity contribution is 5.79. The second-order valence-electron chi connectivity index (χ2n) is 13.8. The van der Waals surface area contributed by atoms with Gasteiger partial charge in [0.15, 0.2) is 17.5 Å². The van der Waals surface area contributed by atoms with E-state index in [0.29, 0.717) is 28.6 Å². The van der Waals surface area contributed by atoms with Gasteiger partial charge >= 0.3 is 0 Å². The summed E-state index contributed by atoms with van der Waals surface area (Å²) in [6.07, 6.45) is 8.74. The van der Waals surface area contributed by atoms with Gasteiger partial charge in [-0.15, -0.1) is 0 Å². The first-order valence-electron chi connectivity index (χ1n) is 16.9. The number of benzene rings is 4. The lowest BCUT2D eigenvalue weighted by molar-refractivity contribution is 0.231. The molecule has 2 heterocycles. The van der Waals surface area contributed by atoms with Crippen molar-refractivity contribution in [3.05, 3.63) is 132 Å². The molecule has 3 atom stereocenters. The van der Waals surface area contributed by atoms with E-state index in [1.54, 1.807) is 24.3 Å². The zero-order chi connectivity index (χ0) is 33.4. The Morgan fingerprint density at radius 3 is 1.63 bits per heavy atom. The fourth-order valence-corrected chi connectivity index (χ4v) is 7.92. The molecule has 0 radical (unpaired) electrons. The molecule has 2 fully saturated rings. The highest BCUT2D eigenvalue weighted by Crippen LogP contribution is 2.51. The molecule has 0 amide bonds. The third-order valence-electron chi connectivity index (χ3n) is 10.4. The first-order chi connectivity index (χ1) is 24.0. The molecule has 0 saturated heterocycles. The van der Waals surface area contributed by atoms with E-state index in [1.807, 2.05) is 42.5 Å². The van der Waals surface area contributed by atoms with Crippen molar-refractivity contribution in [2.75, 3.05) is 0 Å². The van der Waals surface area contributed by atoms with Crippen molar-refractivity contribution in [2.45, 2.75) is 44.4 Å². The van der Waals surface area contributed by atoms with Gasteiger partial charge < -0.3 is 0 Å². The number of fused-ring (bicyclic) bond motifs is 2. The van der Waals surface area contributed by atoms with Crippen LogP contribution in [0.4, 0.5) is 0 Å². The van der Waals surface area contributed by atoms with Crippen LogP contribution in [0.3, 0.4) is 0 Å². The normalized spacial score (nSPS) is 19.6. The maximum Gasteiger partial charge on any atom is 0.164 e. The Bertz CT molecular complexity index is 2140. The van der Waals surface area contributed by atoms with Gasteiger partial charge in [0, 0.05) is 28.5 Å². The molecule has 8 rings (SSSR count). The maximum absolute atomic E-state index is 9.37. The van der Waals surface area contributed by atoms with Crippen molar-refractivity contribution in [3.63, 3.8) is 0 Å². The van der Waals surface area contributed by atoms with Gasteiger partial charge in [0.05, 0.1) is 29.0 Å². The lowest BCUT2D eigenvalue weighted by atomic mass is 9.67. The maximum atomic E-state index is 9.37. The van der Waals surface area contributed by atoms with Gasteiger partial charge in [-0.1, -0.05) is 56.2 Å². The molecule has 0 aliphatic heterocycles. The summed E-state index contributed by atoms with van der Waals surface area (Å²) in [4.78, 5) is 19.9. The smallest absolute Gasteiger partial charge is 0.164 e. The van der Waals surface area contributed by atoms with Crippen LogP contribution in [0.15, 0.2) is 115 Å². The Balaban J connectivity index is 1.25. The fourth-order valence-electron chi connectivity index (χ4n) is 7.92. The average Bonchev–Trinajstić information content (AvgIpc) is 3.52. The summed E-state index contributed by atoms with van der Waals surface area (Å²) in [5.41, 5.74) is 9.04. The Labute approximate surface area is 286 Å². The first-order valence-corrected chi connectivity index (χ1v) is 16.9. The van der Waals surface area contributed by atoms with E-state index in [9.17, 15) is 10.5 Å². The zero-order valence-electron chi connectivity index (χ0n) is 27.3. The lowest BCUT2D eigenvalue weighted by Gasteiger charge is -2.38. The molecule has 4 aromatic carbocycles. The van der Waals surface area contributed by atoms with Crippen LogP contribution in [-0.4, -0.2) is 19.9 Å². The van der Waals surface area contributed by atoms with Crippen LogP contribution in [0.25, 0.3) is 56.5 Å². The minimum atomic E-state index is 0.182. The van der Waals surface area contributed by atoms with E-state index in [1.165, 1.54) is 37.7 Å². The van der Waals surface area contributed by atoms with Crippen LogP contribution in [0.2, 0.25) is 0 Å². The summed E-state index contributed by atoms with van der Waals surface area (Å²) < 4.78 is 0. The van der Waals surface area contributed by atoms with Gasteiger partial charge in [0.2, 0.25) is 0 Å². The van der Waals surface area contributed by atoms with Gasteiger partial charge in [-0.2, -0.15) is 10.5 Å². The van der Waals surface area contributed by atoms with Crippen molar-refractivity contribution < 1.29 is 0 Å². The minimum Gasteiger partial charge on any atom is -0.256 e. The molecule has 2 aromatic heterocycles. The molecule has 6 aromatic rings. The molecule has 6 nitrogen and oxygen atoms in total. The van der Waals surface area contributed by atoms with Crippen LogP contribution in [-0.2, 0) is 5.41 Å². The highest BCUT2D eigenvalue weighted by Gasteiger charge is 2.42. The third kappa shape index (κ3) is 6.10. The van der Waals surface area contributed by atoms with Crippen molar-refractivity contribution in [1.82, 2.24) is 19.9 Å². The number of pyridine rings is 1. The van der Waals surface area contributed by atoms with Gasteiger partial charge in [0.25, 0.3) is 0 Å². The molecular formula is C43H34N6. The Morgan fingerprint density at radius 1 is 0.571 bits per heavy atom. The molecule has 236 valence electrons. The van der Waals surface area contributed by atoms with Gasteiger partial charge in [-0.25, -0.2) is 15.0 Å². The summed E-state index contributed by atoms with van der Waals surface area (Å²) >= 11 is 0. The van der Waals surface area contributed by atoms with Crippen molar-refractivity contribution >= 4 is 0 Å². The summed E-state index contributed by atoms with van der Waals surface area (Å²) in [6.45, 7) is 2.43. The van der Waals surface area contributed by atoms with E-state index < -0.39 is 0 Å². The van der Waals surface area contributed by atoms with Gasteiger partial charge in [-0.3, -0.25) is 4.98 Å². The van der Waals surface area contributed by atoms with E-state index in [2.05, 4.69) is 67.7 Å². The molecule has 6 heteroatoms. The summed E-state index contributed by atoms with van der Waals surface area (Å²) in [7, 11) is 0. The second kappa shape index (κ2) is 12.6. The number of aromatic nitrogens is 4. The SMILES string of the molecule is CC1(c2ccc(-c3cc(-c4ccccc4)cc(-c4nc(-c5ccc(C#N)cc5)nc(-c5ccc(C#N)cc5)n4)c3)nc2)C[C@@H]2CC[C@@H](C2)C1. The molecule has 49 heavy (non-hydrogen) atoms. The highest BCUT2D eigenvalue weighted by atomic mass is 15.0. The standard InChI is InChI=1S/C43H34N6/c1-43(23-30-7-8-31(19-30)24-43)38-17-18-39(46-27-38)36-20-35(32-5-3-2-4-6-32)21-37(22-36)42-48-40(33-13-9-28(25-44)10-14-33)47-41(49-42)34-15-11-29(26-45)12-16-34/h2-6,9-18,20-22,27,30-31H,7-8,19,23-24H2,1H3/t30-,31+,43?. The molecule has 0 spiro atoms. The van der Waals surface area contributed by atoms with Crippen LogP contribution in [0.1, 0.15) is 55.7 Å². The third-order valence-corrected chi connectivity index (χ3v) is 10.4. The van der Waals surface area contributed by atoms with Crippen LogP contribution in [0.5, 0.6) is 0 Å². The Morgan fingerprint density at radius 2 is 1.10 bits per heavy atom. The Kier molecular flexibility index (Phi) is 7.78. The molecule has 2 aliphatic rings. The molecule has 2 bridgehead atoms. The number of hydrogen-bond acceptors (Lipinski definition) is 6.